The van der Waals surface area contributed by atoms with E-state index in [4.69, 9.17) is 0 Å². The first-order valence-corrected chi connectivity index (χ1v) is 8.50. The number of thiazole rings is 1. The van der Waals surface area contributed by atoms with Crippen LogP contribution in [0.25, 0.3) is 0 Å². The van der Waals surface area contributed by atoms with E-state index >= 15 is 0 Å². The zero-order valence-electron chi connectivity index (χ0n) is 13.2. The molecule has 3 rings (SSSR count). The number of benzene rings is 1. The molecule has 1 aromatic carbocycles. The quantitative estimate of drug-likeness (QED) is 0.817. The standard InChI is InChI=1S/C17H17N3O3S/c1-10(21)14-9-18-17(24-14)20-15(22)7-6-12-8-11-4-2-3-5-13(11)19-16(12)23/h2-5,9,12H,6-8H2,1H3,(H,19,23)(H,18,20,22). The van der Waals surface area contributed by atoms with Crippen molar-refractivity contribution in [2.75, 3.05) is 10.6 Å². The van der Waals surface area contributed by atoms with Crippen molar-refractivity contribution < 1.29 is 14.4 Å². The Balaban J connectivity index is 1.54. The molecule has 124 valence electrons. The summed E-state index contributed by atoms with van der Waals surface area (Å²) in [4.78, 5) is 39.9. The topological polar surface area (TPSA) is 88.2 Å². The molecule has 0 saturated heterocycles. The molecule has 0 radical (unpaired) electrons. The van der Waals surface area contributed by atoms with Gasteiger partial charge in [-0.2, -0.15) is 0 Å². The Bertz CT molecular complexity index is 800. The summed E-state index contributed by atoms with van der Waals surface area (Å²) in [7, 11) is 0. The summed E-state index contributed by atoms with van der Waals surface area (Å²) >= 11 is 1.15. The first-order valence-electron chi connectivity index (χ1n) is 7.68. The van der Waals surface area contributed by atoms with E-state index in [9.17, 15) is 14.4 Å². The maximum Gasteiger partial charge on any atom is 0.227 e. The fraction of sp³-hybridized carbons (Fsp3) is 0.294. The number of amides is 2. The first-order chi connectivity index (χ1) is 11.5. The van der Waals surface area contributed by atoms with Gasteiger partial charge < -0.3 is 10.6 Å². The Morgan fingerprint density at radius 3 is 2.92 bits per heavy atom. The van der Waals surface area contributed by atoms with Crippen molar-refractivity contribution in [1.82, 2.24) is 4.98 Å². The van der Waals surface area contributed by atoms with Crippen molar-refractivity contribution in [3.8, 4) is 0 Å². The molecule has 0 aliphatic carbocycles. The third-order valence-corrected chi connectivity index (χ3v) is 4.94. The normalized spacial score (nSPS) is 16.2. The molecule has 1 aliphatic heterocycles. The lowest BCUT2D eigenvalue weighted by Gasteiger charge is -2.24. The van der Waals surface area contributed by atoms with Gasteiger partial charge in [0.15, 0.2) is 10.9 Å². The molecule has 2 amide bonds. The summed E-state index contributed by atoms with van der Waals surface area (Å²) in [5.41, 5.74) is 1.94. The number of nitrogens with one attached hydrogen (secondary N) is 2. The van der Waals surface area contributed by atoms with E-state index in [0.717, 1.165) is 22.6 Å². The second kappa shape index (κ2) is 6.92. The van der Waals surface area contributed by atoms with E-state index in [1.807, 2.05) is 24.3 Å². The molecule has 1 aliphatic rings. The fourth-order valence-corrected chi connectivity index (χ4v) is 3.36. The molecule has 2 N–H and O–H groups in total. The minimum atomic E-state index is -0.213. The van der Waals surface area contributed by atoms with Crippen molar-refractivity contribution in [2.45, 2.75) is 26.2 Å². The number of carbonyl (C=O) groups is 3. The zero-order chi connectivity index (χ0) is 17.1. The highest BCUT2D eigenvalue weighted by Gasteiger charge is 2.26. The third kappa shape index (κ3) is 3.68. The van der Waals surface area contributed by atoms with Crippen LogP contribution in [0.5, 0.6) is 0 Å². The lowest BCUT2D eigenvalue weighted by atomic mass is 9.89. The first kappa shape index (κ1) is 16.3. The van der Waals surface area contributed by atoms with Crippen molar-refractivity contribution >= 4 is 39.8 Å². The van der Waals surface area contributed by atoms with Crippen LogP contribution in [0.3, 0.4) is 0 Å². The molecule has 7 heteroatoms. The van der Waals surface area contributed by atoms with Crippen molar-refractivity contribution in [3.63, 3.8) is 0 Å². The lowest BCUT2D eigenvalue weighted by Crippen LogP contribution is -2.30. The zero-order valence-corrected chi connectivity index (χ0v) is 14.0. The van der Waals surface area contributed by atoms with E-state index < -0.39 is 0 Å². The molecular weight excluding hydrogens is 326 g/mol. The van der Waals surface area contributed by atoms with Crippen molar-refractivity contribution in [1.29, 1.82) is 0 Å². The largest absolute Gasteiger partial charge is 0.326 e. The molecule has 1 aromatic heterocycles. The number of hydrogen-bond donors (Lipinski definition) is 2. The summed E-state index contributed by atoms with van der Waals surface area (Å²) < 4.78 is 0. The Morgan fingerprint density at radius 1 is 1.38 bits per heavy atom. The van der Waals surface area contributed by atoms with E-state index in [-0.39, 0.29) is 29.9 Å². The number of anilines is 2. The van der Waals surface area contributed by atoms with Gasteiger partial charge in [0.2, 0.25) is 11.8 Å². The molecule has 0 spiro atoms. The van der Waals surface area contributed by atoms with Gasteiger partial charge in [0.1, 0.15) is 0 Å². The Kier molecular flexibility index (Phi) is 4.71. The van der Waals surface area contributed by atoms with Gasteiger partial charge in [-0.3, -0.25) is 14.4 Å². The average Bonchev–Trinajstić information content (AvgIpc) is 3.01. The minimum absolute atomic E-state index is 0.0467. The van der Waals surface area contributed by atoms with Crippen molar-refractivity contribution in [2.24, 2.45) is 5.92 Å². The molecule has 6 nitrogen and oxygen atoms in total. The maximum absolute atomic E-state index is 12.1. The summed E-state index contributed by atoms with van der Waals surface area (Å²) in [6.07, 6.45) is 2.79. The SMILES string of the molecule is CC(=O)c1cnc(NC(=O)CCC2Cc3ccccc3NC2=O)s1. The van der Waals surface area contributed by atoms with E-state index in [0.29, 0.717) is 22.9 Å². The molecule has 0 bridgehead atoms. The smallest absolute Gasteiger partial charge is 0.227 e. The van der Waals surface area contributed by atoms with Crippen LogP contribution >= 0.6 is 11.3 Å². The number of nitrogens with zero attached hydrogens (tertiary/aromatic N) is 1. The molecule has 2 aromatic rings. The summed E-state index contributed by atoms with van der Waals surface area (Å²) in [6, 6.07) is 7.69. The number of ketones is 1. The monoisotopic (exact) mass is 343 g/mol. The Labute approximate surface area is 143 Å². The highest BCUT2D eigenvalue weighted by Crippen LogP contribution is 2.27. The predicted molar refractivity (Wildman–Crippen MR) is 92.2 cm³/mol. The number of Topliss-reactive ketones (excluding diaryl/α,β-unsaturated/α-hetero) is 1. The second-order valence-corrected chi connectivity index (χ2v) is 6.75. The van der Waals surface area contributed by atoms with Crippen LogP contribution in [0, 0.1) is 5.92 Å². The molecule has 1 atom stereocenters. The Morgan fingerprint density at radius 2 is 2.17 bits per heavy atom. The molecular formula is C17H17N3O3S. The predicted octanol–water partition coefficient (Wildman–Crippen LogP) is 2.88. The highest BCUT2D eigenvalue weighted by molar-refractivity contribution is 7.17. The van der Waals surface area contributed by atoms with Crippen LogP contribution in [0.2, 0.25) is 0 Å². The van der Waals surface area contributed by atoms with Crippen LogP contribution in [-0.4, -0.2) is 22.6 Å². The number of para-hydroxylation sites is 1. The number of aromatic nitrogens is 1. The fourth-order valence-electron chi connectivity index (χ4n) is 2.63. The summed E-state index contributed by atoms with van der Waals surface area (Å²) in [5.74, 6) is -0.541. The van der Waals surface area contributed by atoms with Gasteiger partial charge in [-0.15, -0.1) is 0 Å². The number of carbonyl (C=O) groups excluding carboxylic acids is 3. The van der Waals surface area contributed by atoms with Gasteiger partial charge in [0, 0.05) is 24.9 Å². The van der Waals surface area contributed by atoms with E-state index in [2.05, 4.69) is 15.6 Å². The van der Waals surface area contributed by atoms with Crippen LogP contribution in [0.4, 0.5) is 10.8 Å². The number of fused-ring (bicyclic) bond motifs is 1. The van der Waals surface area contributed by atoms with Gasteiger partial charge in [-0.05, 0) is 24.5 Å². The molecule has 1 unspecified atom stereocenters. The van der Waals surface area contributed by atoms with Gasteiger partial charge in [-0.25, -0.2) is 4.98 Å². The number of hydrogen-bond acceptors (Lipinski definition) is 5. The van der Waals surface area contributed by atoms with Crippen LogP contribution in [0.15, 0.2) is 30.5 Å². The van der Waals surface area contributed by atoms with E-state index in [1.54, 1.807) is 0 Å². The highest BCUT2D eigenvalue weighted by atomic mass is 32.1. The van der Waals surface area contributed by atoms with Gasteiger partial charge in [-0.1, -0.05) is 29.5 Å². The summed E-state index contributed by atoms with van der Waals surface area (Å²) in [6.45, 7) is 1.46. The van der Waals surface area contributed by atoms with Crippen molar-refractivity contribution in [3.05, 3.63) is 40.9 Å². The lowest BCUT2D eigenvalue weighted by molar-refractivity contribution is -0.121. The third-order valence-electron chi connectivity index (χ3n) is 3.93. The molecule has 0 fully saturated rings. The van der Waals surface area contributed by atoms with Gasteiger partial charge in [0.05, 0.1) is 11.1 Å². The summed E-state index contributed by atoms with van der Waals surface area (Å²) in [5, 5.41) is 5.96. The van der Waals surface area contributed by atoms with Crippen LogP contribution < -0.4 is 10.6 Å². The molecule has 2 heterocycles. The van der Waals surface area contributed by atoms with Gasteiger partial charge >= 0.3 is 0 Å². The second-order valence-electron chi connectivity index (χ2n) is 5.72. The van der Waals surface area contributed by atoms with E-state index in [1.165, 1.54) is 13.1 Å². The maximum atomic E-state index is 12.1. The van der Waals surface area contributed by atoms with Crippen LogP contribution in [-0.2, 0) is 16.0 Å². The van der Waals surface area contributed by atoms with Crippen LogP contribution in [0.1, 0.15) is 35.0 Å². The average molecular weight is 343 g/mol. The molecule has 24 heavy (non-hydrogen) atoms. The minimum Gasteiger partial charge on any atom is -0.326 e. The Hall–Kier alpha value is -2.54. The number of rotatable bonds is 5. The van der Waals surface area contributed by atoms with Gasteiger partial charge in [0.25, 0.3) is 0 Å². The molecule has 0 saturated carbocycles.